The normalized spacial score (nSPS) is 12.6. The number of nitrogens with one attached hydrogen (secondary N) is 1. The zero-order valence-corrected chi connectivity index (χ0v) is 12.8. The van der Waals surface area contributed by atoms with E-state index in [1.165, 1.54) is 0 Å². The monoisotopic (exact) mass is 333 g/mol. The third kappa shape index (κ3) is 4.63. The van der Waals surface area contributed by atoms with Gasteiger partial charge >= 0.3 is 0 Å². The molecule has 0 fully saturated rings. The molecule has 0 aliphatic heterocycles. The van der Waals surface area contributed by atoms with Crippen LogP contribution in [0.1, 0.15) is 41.0 Å². The van der Waals surface area contributed by atoms with Crippen LogP contribution in [0, 0.1) is 8.99 Å². The molecule has 0 aliphatic carbocycles. The number of halogens is 1. The van der Waals surface area contributed by atoms with Crippen LogP contribution < -0.4 is 5.32 Å². The molecule has 3 nitrogen and oxygen atoms in total. The predicted molar refractivity (Wildman–Crippen MR) is 76.5 cm³/mol. The minimum Gasteiger partial charge on any atom is -0.364 e. The molecule has 1 aromatic heterocycles. The van der Waals surface area contributed by atoms with E-state index in [4.69, 9.17) is 0 Å². The first-order chi connectivity index (χ1) is 7.20. The Hall–Kier alpha value is -0.390. The maximum Gasteiger partial charge on any atom is 0.143 e. The molecule has 1 aromatic rings. The van der Waals surface area contributed by atoms with E-state index in [0.717, 1.165) is 15.8 Å². The summed E-state index contributed by atoms with van der Waals surface area (Å²) in [6.45, 7) is 11.2. The van der Waals surface area contributed by atoms with Gasteiger partial charge < -0.3 is 5.32 Å². The molecule has 0 unspecified atom stereocenters. The summed E-state index contributed by atoms with van der Waals surface area (Å²) in [7, 11) is 0. The number of rotatable bonds is 3. The van der Waals surface area contributed by atoms with Gasteiger partial charge in [-0.2, -0.15) is 0 Å². The van der Waals surface area contributed by atoms with Crippen LogP contribution in [0.15, 0.2) is 12.5 Å². The van der Waals surface area contributed by atoms with E-state index in [1.54, 1.807) is 6.33 Å². The smallest absolute Gasteiger partial charge is 0.143 e. The topological polar surface area (TPSA) is 37.8 Å². The first kappa shape index (κ1) is 13.7. The molecule has 0 atom stereocenters. The van der Waals surface area contributed by atoms with Crippen molar-refractivity contribution in [3.63, 3.8) is 0 Å². The molecule has 90 valence electrons. The molecule has 0 aromatic carbocycles. The van der Waals surface area contributed by atoms with Crippen molar-refractivity contribution < 1.29 is 0 Å². The van der Waals surface area contributed by atoms with Crippen LogP contribution in [0.3, 0.4) is 0 Å². The second-order valence-corrected chi connectivity index (χ2v) is 7.13. The summed E-state index contributed by atoms with van der Waals surface area (Å²) >= 11 is 2.25. The van der Waals surface area contributed by atoms with Crippen LogP contribution in [0.4, 0.5) is 5.82 Å². The fourth-order valence-corrected chi connectivity index (χ4v) is 2.53. The molecule has 0 amide bonds. The van der Waals surface area contributed by atoms with Crippen molar-refractivity contribution in [1.82, 2.24) is 9.97 Å². The number of aromatic nitrogens is 2. The molecule has 1 rings (SSSR count). The zero-order valence-electron chi connectivity index (χ0n) is 10.6. The minimum absolute atomic E-state index is 0.0343. The molecular weight excluding hydrogens is 313 g/mol. The van der Waals surface area contributed by atoms with E-state index in [0.29, 0.717) is 5.41 Å². The van der Waals surface area contributed by atoms with E-state index in [9.17, 15) is 0 Å². The Balaban J connectivity index is 2.77. The molecular formula is C12H20IN3. The second kappa shape index (κ2) is 4.85. The Morgan fingerprint density at radius 3 is 2.38 bits per heavy atom. The van der Waals surface area contributed by atoms with Gasteiger partial charge in [0, 0.05) is 11.7 Å². The Morgan fingerprint density at radius 2 is 1.88 bits per heavy atom. The number of anilines is 1. The van der Waals surface area contributed by atoms with Crippen LogP contribution in [-0.2, 0) is 0 Å². The summed E-state index contributed by atoms with van der Waals surface area (Å²) < 4.78 is 1.06. The molecule has 0 saturated heterocycles. The lowest BCUT2D eigenvalue weighted by molar-refractivity contribution is 0.302. The largest absolute Gasteiger partial charge is 0.364 e. The molecule has 0 bridgehead atoms. The quantitative estimate of drug-likeness (QED) is 0.857. The third-order valence-electron chi connectivity index (χ3n) is 2.10. The van der Waals surface area contributed by atoms with Gasteiger partial charge in [-0.15, -0.1) is 0 Å². The Morgan fingerprint density at radius 1 is 1.25 bits per heavy atom. The van der Waals surface area contributed by atoms with Gasteiger partial charge in [0.2, 0.25) is 0 Å². The minimum atomic E-state index is 0.0343. The molecule has 0 spiro atoms. The number of hydrogen-bond acceptors (Lipinski definition) is 3. The highest BCUT2D eigenvalue weighted by Gasteiger charge is 2.26. The van der Waals surface area contributed by atoms with Gasteiger partial charge in [-0.1, -0.05) is 20.8 Å². The Labute approximate surface area is 112 Å². The maximum atomic E-state index is 4.26. The highest BCUT2D eigenvalue weighted by atomic mass is 127. The van der Waals surface area contributed by atoms with Gasteiger partial charge in [0.15, 0.2) is 0 Å². The summed E-state index contributed by atoms with van der Waals surface area (Å²) in [6, 6.07) is 0. The molecule has 4 heteroatoms. The van der Waals surface area contributed by atoms with E-state index in [2.05, 4.69) is 72.5 Å². The van der Waals surface area contributed by atoms with Crippen molar-refractivity contribution in [3.05, 3.63) is 16.1 Å². The fraction of sp³-hybridized carbons (Fsp3) is 0.667. The van der Waals surface area contributed by atoms with Crippen LogP contribution in [0.5, 0.6) is 0 Å². The van der Waals surface area contributed by atoms with Crippen LogP contribution in [0.2, 0.25) is 0 Å². The summed E-state index contributed by atoms with van der Waals surface area (Å²) in [4.78, 5) is 8.25. The lowest BCUT2D eigenvalue weighted by Gasteiger charge is -2.33. The molecule has 0 aliphatic rings. The zero-order chi connectivity index (χ0) is 12.4. The van der Waals surface area contributed by atoms with Gasteiger partial charge in [0.05, 0.1) is 3.57 Å². The molecule has 0 saturated carbocycles. The van der Waals surface area contributed by atoms with Crippen molar-refractivity contribution in [2.75, 3.05) is 5.32 Å². The van der Waals surface area contributed by atoms with Crippen molar-refractivity contribution >= 4 is 28.4 Å². The van der Waals surface area contributed by atoms with Gasteiger partial charge in [0.1, 0.15) is 12.1 Å². The lowest BCUT2D eigenvalue weighted by Crippen LogP contribution is -2.36. The number of nitrogens with zero attached hydrogens (tertiary/aromatic N) is 2. The second-order valence-electron chi connectivity index (χ2n) is 5.97. The number of hydrogen-bond donors (Lipinski definition) is 1. The van der Waals surface area contributed by atoms with Crippen LogP contribution >= 0.6 is 22.6 Å². The van der Waals surface area contributed by atoms with Crippen molar-refractivity contribution in [2.45, 2.75) is 46.6 Å². The van der Waals surface area contributed by atoms with Gasteiger partial charge in [-0.3, -0.25) is 0 Å². The average molecular weight is 333 g/mol. The van der Waals surface area contributed by atoms with Gasteiger partial charge in [-0.05, 0) is 48.3 Å². The summed E-state index contributed by atoms with van der Waals surface area (Å²) in [5, 5.41) is 3.48. The Kier molecular flexibility index (Phi) is 4.15. The van der Waals surface area contributed by atoms with E-state index in [1.807, 2.05) is 6.20 Å². The molecule has 1 N–H and O–H groups in total. The van der Waals surface area contributed by atoms with E-state index >= 15 is 0 Å². The fourth-order valence-electron chi connectivity index (χ4n) is 2.10. The maximum absolute atomic E-state index is 4.26. The van der Waals surface area contributed by atoms with Crippen LogP contribution in [0.25, 0.3) is 0 Å². The summed E-state index contributed by atoms with van der Waals surface area (Å²) in [5.74, 6) is 0.921. The van der Waals surface area contributed by atoms with Crippen molar-refractivity contribution in [3.8, 4) is 0 Å². The third-order valence-corrected chi connectivity index (χ3v) is 2.89. The first-order valence-electron chi connectivity index (χ1n) is 5.43. The Bertz CT molecular complexity index is 356. The van der Waals surface area contributed by atoms with Gasteiger partial charge in [-0.25, -0.2) is 9.97 Å². The summed E-state index contributed by atoms with van der Waals surface area (Å²) in [5.41, 5.74) is 0.335. The standard InChI is InChI=1S/C12H20IN3/c1-11(2,3)7-12(4,5)16-10-9(13)6-14-8-15-10/h6,8H,7H2,1-5H3,(H,14,15,16). The van der Waals surface area contributed by atoms with Crippen LogP contribution in [-0.4, -0.2) is 15.5 Å². The highest BCUT2D eigenvalue weighted by molar-refractivity contribution is 14.1. The summed E-state index contributed by atoms with van der Waals surface area (Å²) in [6.07, 6.45) is 4.49. The van der Waals surface area contributed by atoms with Gasteiger partial charge in [0.25, 0.3) is 0 Å². The van der Waals surface area contributed by atoms with E-state index < -0.39 is 0 Å². The molecule has 16 heavy (non-hydrogen) atoms. The average Bonchev–Trinajstić information content (AvgIpc) is 2.04. The van der Waals surface area contributed by atoms with E-state index in [-0.39, 0.29) is 5.54 Å². The molecule has 0 radical (unpaired) electrons. The SMILES string of the molecule is CC(C)(C)CC(C)(C)Nc1ncncc1I. The lowest BCUT2D eigenvalue weighted by atomic mass is 9.82. The van der Waals surface area contributed by atoms with Crippen molar-refractivity contribution in [2.24, 2.45) is 5.41 Å². The highest BCUT2D eigenvalue weighted by Crippen LogP contribution is 2.29. The molecule has 1 heterocycles. The predicted octanol–water partition coefficient (Wildman–Crippen LogP) is 3.71. The van der Waals surface area contributed by atoms with Crippen molar-refractivity contribution in [1.29, 1.82) is 0 Å². The first-order valence-corrected chi connectivity index (χ1v) is 6.51.